The van der Waals surface area contributed by atoms with Crippen LogP contribution in [-0.4, -0.2) is 23.7 Å². The smallest absolute Gasteiger partial charge is 0.421 e. The molecule has 0 bridgehead atoms. The molecule has 1 saturated heterocycles. The summed E-state index contributed by atoms with van der Waals surface area (Å²) in [4.78, 5) is 13.6. The number of anilines is 3. The zero-order valence-electron chi connectivity index (χ0n) is 16.1. The van der Waals surface area contributed by atoms with Crippen molar-refractivity contribution in [1.29, 1.82) is 0 Å². The zero-order chi connectivity index (χ0) is 21.1. The van der Waals surface area contributed by atoms with Gasteiger partial charge in [0, 0.05) is 18.3 Å². The number of hydroxylamine groups is 1. The third-order valence-electron chi connectivity index (χ3n) is 4.72. The van der Waals surface area contributed by atoms with Crippen LogP contribution in [0.3, 0.4) is 0 Å². The Hall–Kier alpha value is -3.33. The van der Waals surface area contributed by atoms with Gasteiger partial charge in [-0.15, -0.1) is 0 Å². The molecule has 6 nitrogen and oxygen atoms in total. The largest absolute Gasteiger partial charge is 0.497 e. The summed E-state index contributed by atoms with van der Waals surface area (Å²) >= 11 is 0. The standard InChI is InChI=1S/C21H19F3N4O2/c1-29-16-9-7-15(8-10-16)26-20-25-13-17(21(22,23)24)19(27-20)28-18(11-12-30-28)14-5-3-2-4-6-14/h2-10,13,18H,11-12H2,1H3,(H,25,26,27)/t18-/m0/s1. The molecule has 0 radical (unpaired) electrons. The van der Waals surface area contributed by atoms with E-state index in [1.807, 2.05) is 30.3 Å². The van der Waals surface area contributed by atoms with Gasteiger partial charge in [-0.2, -0.15) is 18.2 Å². The van der Waals surface area contributed by atoms with Gasteiger partial charge in [-0.1, -0.05) is 30.3 Å². The molecule has 0 unspecified atom stereocenters. The first-order chi connectivity index (χ1) is 14.5. The number of nitrogens with one attached hydrogen (secondary N) is 1. The second-order valence-electron chi connectivity index (χ2n) is 6.66. The fourth-order valence-corrected chi connectivity index (χ4v) is 3.26. The highest BCUT2D eigenvalue weighted by atomic mass is 19.4. The molecule has 1 N–H and O–H groups in total. The molecule has 2 heterocycles. The fraction of sp³-hybridized carbons (Fsp3) is 0.238. The highest BCUT2D eigenvalue weighted by Crippen LogP contribution is 2.41. The van der Waals surface area contributed by atoms with E-state index in [1.54, 1.807) is 31.4 Å². The maximum Gasteiger partial charge on any atom is 0.421 e. The van der Waals surface area contributed by atoms with Gasteiger partial charge in [0.25, 0.3) is 0 Å². The van der Waals surface area contributed by atoms with Crippen molar-refractivity contribution in [3.05, 3.63) is 71.9 Å². The highest BCUT2D eigenvalue weighted by molar-refractivity contribution is 5.58. The molecule has 1 aromatic heterocycles. The third kappa shape index (κ3) is 4.16. The normalized spacial score (nSPS) is 16.5. The first-order valence-electron chi connectivity index (χ1n) is 9.28. The van der Waals surface area contributed by atoms with Gasteiger partial charge in [0.2, 0.25) is 5.95 Å². The van der Waals surface area contributed by atoms with E-state index in [0.29, 0.717) is 24.5 Å². The molecule has 9 heteroatoms. The Kier molecular flexibility index (Phi) is 5.45. The summed E-state index contributed by atoms with van der Waals surface area (Å²) in [6.45, 7) is 0.294. The van der Waals surface area contributed by atoms with Gasteiger partial charge in [0.15, 0.2) is 5.82 Å². The van der Waals surface area contributed by atoms with E-state index in [4.69, 9.17) is 9.57 Å². The average molecular weight is 416 g/mol. The second-order valence-corrected chi connectivity index (χ2v) is 6.66. The Morgan fingerprint density at radius 2 is 1.83 bits per heavy atom. The number of methoxy groups -OCH3 is 1. The van der Waals surface area contributed by atoms with Gasteiger partial charge < -0.3 is 10.1 Å². The Morgan fingerprint density at radius 1 is 1.10 bits per heavy atom. The number of benzene rings is 2. The second kappa shape index (κ2) is 8.19. The first kappa shape index (κ1) is 20.0. The van der Waals surface area contributed by atoms with Gasteiger partial charge in [-0.25, -0.2) is 10.0 Å². The predicted molar refractivity (Wildman–Crippen MR) is 106 cm³/mol. The summed E-state index contributed by atoms with van der Waals surface area (Å²) in [6, 6.07) is 15.8. The molecule has 0 spiro atoms. The molecule has 1 aliphatic heterocycles. The van der Waals surface area contributed by atoms with Crippen LogP contribution < -0.4 is 15.1 Å². The van der Waals surface area contributed by atoms with Crippen LogP contribution >= 0.6 is 0 Å². The molecule has 0 saturated carbocycles. The third-order valence-corrected chi connectivity index (χ3v) is 4.72. The van der Waals surface area contributed by atoms with E-state index in [-0.39, 0.29) is 17.8 Å². The van der Waals surface area contributed by atoms with Crippen LogP contribution in [0.1, 0.15) is 23.6 Å². The van der Waals surface area contributed by atoms with Crippen molar-refractivity contribution >= 4 is 17.5 Å². The quantitative estimate of drug-likeness (QED) is 0.622. The Bertz CT molecular complexity index is 997. The van der Waals surface area contributed by atoms with Crippen LogP contribution in [0.2, 0.25) is 0 Å². The van der Waals surface area contributed by atoms with Gasteiger partial charge in [-0.05, 0) is 29.8 Å². The summed E-state index contributed by atoms with van der Waals surface area (Å²) in [5, 5.41) is 4.16. The molecule has 3 aromatic rings. The van der Waals surface area contributed by atoms with Crippen LogP contribution in [0.15, 0.2) is 60.8 Å². The van der Waals surface area contributed by atoms with E-state index >= 15 is 0 Å². The maximum atomic E-state index is 13.7. The van der Waals surface area contributed by atoms with Gasteiger partial charge in [0.1, 0.15) is 11.3 Å². The number of nitrogens with zero attached hydrogens (tertiary/aromatic N) is 3. The maximum absolute atomic E-state index is 13.7. The van der Waals surface area contributed by atoms with E-state index in [0.717, 1.165) is 11.8 Å². The molecule has 156 valence electrons. The topological polar surface area (TPSA) is 59.5 Å². The van der Waals surface area contributed by atoms with Crippen LogP contribution in [-0.2, 0) is 11.0 Å². The Labute approximate surface area is 171 Å². The minimum atomic E-state index is -4.62. The van der Waals surface area contributed by atoms with Crippen molar-refractivity contribution in [2.24, 2.45) is 0 Å². The number of alkyl halides is 3. The zero-order valence-corrected chi connectivity index (χ0v) is 16.1. The van der Waals surface area contributed by atoms with Crippen molar-refractivity contribution in [3.8, 4) is 5.75 Å². The summed E-state index contributed by atoms with van der Waals surface area (Å²) < 4.78 is 46.1. The molecule has 30 heavy (non-hydrogen) atoms. The molecule has 1 fully saturated rings. The summed E-state index contributed by atoms with van der Waals surface area (Å²) in [5.41, 5.74) is 0.514. The van der Waals surface area contributed by atoms with Crippen molar-refractivity contribution in [2.45, 2.75) is 18.6 Å². The van der Waals surface area contributed by atoms with E-state index < -0.39 is 11.7 Å². The van der Waals surface area contributed by atoms with Crippen LogP contribution in [0, 0.1) is 0 Å². The molecule has 1 aliphatic rings. The average Bonchev–Trinajstić information content (AvgIpc) is 3.24. The number of halogens is 3. The lowest BCUT2D eigenvalue weighted by Crippen LogP contribution is -2.26. The lowest BCUT2D eigenvalue weighted by molar-refractivity contribution is -0.138. The SMILES string of the molecule is COc1ccc(Nc2ncc(C(F)(F)F)c(N3OCC[C@H]3c3ccccc3)n2)cc1. The fourth-order valence-electron chi connectivity index (χ4n) is 3.26. The highest BCUT2D eigenvalue weighted by Gasteiger charge is 2.40. The van der Waals surface area contributed by atoms with E-state index in [9.17, 15) is 13.2 Å². The molecular formula is C21H19F3N4O2. The number of ether oxygens (including phenoxy) is 1. The number of aromatic nitrogens is 2. The molecule has 1 atom stereocenters. The summed E-state index contributed by atoms with van der Waals surface area (Å²) in [7, 11) is 1.55. The van der Waals surface area contributed by atoms with Crippen LogP contribution in [0.25, 0.3) is 0 Å². The van der Waals surface area contributed by atoms with Gasteiger partial charge in [-0.3, -0.25) is 4.84 Å². The van der Waals surface area contributed by atoms with Crippen molar-refractivity contribution in [3.63, 3.8) is 0 Å². The van der Waals surface area contributed by atoms with Crippen LogP contribution in [0.5, 0.6) is 5.75 Å². The minimum Gasteiger partial charge on any atom is -0.497 e. The first-order valence-corrected chi connectivity index (χ1v) is 9.28. The molecular weight excluding hydrogens is 397 g/mol. The Balaban J connectivity index is 1.70. The van der Waals surface area contributed by atoms with Gasteiger partial charge in [0.05, 0.1) is 19.8 Å². The monoisotopic (exact) mass is 416 g/mol. The summed E-state index contributed by atoms with van der Waals surface area (Å²) in [6.07, 6.45) is -3.30. The van der Waals surface area contributed by atoms with E-state index in [2.05, 4.69) is 15.3 Å². The lowest BCUT2D eigenvalue weighted by atomic mass is 10.0. The Morgan fingerprint density at radius 3 is 2.50 bits per heavy atom. The molecule has 4 rings (SSSR count). The molecule has 2 aromatic carbocycles. The van der Waals surface area contributed by atoms with Crippen molar-refractivity contribution in [2.75, 3.05) is 24.1 Å². The number of hydrogen-bond acceptors (Lipinski definition) is 6. The van der Waals surface area contributed by atoms with Crippen molar-refractivity contribution in [1.82, 2.24) is 9.97 Å². The predicted octanol–water partition coefficient (Wildman–Crippen LogP) is 5.13. The van der Waals surface area contributed by atoms with Crippen LogP contribution in [0.4, 0.5) is 30.6 Å². The molecule has 0 aliphatic carbocycles. The summed E-state index contributed by atoms with van der Waals surface area (Å²) in [5.74, 6) is 0.371. The van der Waals surface area contributed by atoms with Gasteiger partial charge >= 0.3 is 6.18 Å². The van der Waals surface area contributed by atoms with Crippen molar-refractivity contribution < 1.29 is 22.7 Å². The number of hydrogen-bond donors (Lipinski definition) is 1. The lowest BCUT2D eigenvalue weighted by Gasteiger charge is -2.26. The number of rotatable bonds is 5. The minimum absolute atomic E-state index is 0.0329. The van der Waals surface area contributed by atoms with E-state index in [1.165, 1.54) is 5.06 Å². The molecule has 0 amide bonds.